The molecule has 1 fully saturated rings. The number of hydrogen-bond acceptors (Lipinski definition) is 7. The topological polar surface area (TPSA) is 120 Å². The van der Waals surface area contributed by atoms with Gasteiger partial charge in [-0.2, -0.15) is 5.26 Å². The number of nitrogens with zero attached hydrogens (tertiary/aromatic N) is 6. The summed E-state index contributed by atoms with van der Waals surface area (Å²) in [7, 11) is 0. The first-order valence-electron chi connectivity index (χ1n) is 8.13. The maximum absolute atomic E-state index is 11.9. The summed E-state index contributed by atoms with van der Waals surface area (Å²) < 4.78 is 1.71. The van der Waals surface area contributed by atoms with E-state index in [1.165, 1.54) is 0 Å². The number of amides is 1. The third-order valence-corrected chi connectivity index (χ3v) is 4.11. The van der Waals surface area contributed by atoms with Crippen molar-refractivity contribution in [2.75, 3.05) is 31.1 Å². The van der Waals surface area contributed by atoms with E-state index in [1.54, 1.807) is 23.1 Å². The molecule has 2 N–H and O–H groups in total. The summed E-state index contributed by atoms with van der Waals surface area (Å²) in [5, 5.41) is 28.2. The fourth-order valence-electron chi connectivity index (χ4n) is 2.84. The van der Waals surface area contributed by atoms with Gasteiger partial charge in [-0.3, -0.25) is 4.79 Å². The maximum atomic E-state index is 11.9. The highest BCUT2D eigenvalue weighted by Crippen LogP contribution is 2.24. The molecule has 0 aromatic carbocycles. The van der Waals surface area contributed by atoms with Crippen molar-refractivity contribution in [3.05, 3.63) is 35.8 Å². The van der Waals surface area contributed by atoms with Crippen LogP contribution in [0.5, 0.6) is 0 Å². The van der Waals surface area contributed by atoms with Gasteiger partial charge >= 0.3 is 0 Å². The molecule has 1 unspecified atom stereocenters. The molecule has 0 bridgehead atoms. The smallest absolute Gasteiger partial charge is 0.273 e. The zero-order chi connectivity index (χ0) is 17.6. The predicted octanol–water partition coefficient (Wildman–Crippen LogP) is 0.108. The van der Waals surface area contributed by atoms with Crippen LogP contribution in [0.1, 0.15) is 34.9 Å². The highest BCUT2D eigenvalue weighted by atomic mass is 16.3. The Hall–Kier alpha value is -2.99. The van der Waals surface area contributed by atoms with E-state index in [9.17, 15) is 4.79 Å². The number of carbonyl (C=O) groups is 1. The van der Waals surface area contributed by atoms with Gasteiger partial charge in [-0.05, 0) is 25.0 Å². The Morgan fingerprint density at radius 1 is 1.48 bits per heavy atom. The molecule has 1 amide bonds. The van der Waals surface area contributed by atoms with Gasteiger partial charge in [0.2, 0.25) is 0 Å². The number of pyridine rings is 1. The maximum Gasteiger partial charge on any atom is 0.273 e. The second-order valence-corrected chi connectivity index (χ2v) is 5.82. The van der Waals surface area contributed by atoms with Gasteiger partial charge in [-0.1, -0.05) is 5.21 Å². The van der Waals surface area contributed by atoms with Crippen molar-refractivity contribution >= 4 is 11.7 Å². The van der Waals surface area contributed by atoms with Crippen molar-refractivity contribution in [2.45, 2.75) is 18.9 Å². The van der Waals surface area contributed by atoms with Crippen LogP contribution in [-0.4, -0.2) is 57.2 Å². The number of aliphatic hydroxyl groups is 1. The van der Waals surface area contributed by atoms with Crippen LogP contribution >= 0.6 is 0 Å². The fraction of sp³-hybridized carbons (Fsp3) is 0.438. The number of piperidine rings is 1. The van der Waals surface area contributed by atoms with E-state index in [2.05, 4.69) is 31.6 Å². The van der Waals surface area contributed by atoms with Crippen molar-refractivity contribution in [1.29, 1.82) is 5.26 Å². The molecule has 9 heteroatoms. The highest BCUT2D eigenvalue weighted by molar-refractivity contribution is 5.91. The lowest BCUT2D eigenvalue weighted by molar-refractivity contribution is 0.0939. The standard InChI is InChI=1S/C16H19N7O2/c17-8-12-3-4-15(19-9-12)22-6-1-2-13(10-22)23-11-14(20-21-23)16(25)18-5-7-24/h3-4,9,11,13,24H,1-2,5-7,10H2,(H,18,25). The number of nitrogens with one attached hydrogen (secondary N) is 1. The van der Waals surface area contributed by atoms with Crippen molar-refractivity contribution in [3.8, 4) is 6.07 Å². The Bertz CT molecular complexity index is 766. The van der Waals surface area contributed by atoms with E-state index in [-0.39, 0.29) is 30.8 Å². The third kappa shape index (κ3) is 3.92. The average molecular weight is 341 g/mol. The van der Waals surface area contributed by atoms with Crippen molar-refractivity contribution in [2.24, 2.45) is 0 Å². The molecule has 0 aliphatic carbocycles. The van der Waals surface area contributed by atoms with Crippen LogP contribution in [0.15, 0.2) is 24.5 Å². The van der Waals surface area contributed by atoms with Crippen LogP contribution in [0.4, 0.5) is 5.82 Å². The zero-order valence-electron chi connectivity index (χ0n) is 13.7. The van der Waals surface area contributed by atoms with E-state index in [1.807, 2.05) is 6.07 Å². The largest absolute Gasteiger partial charge is 0.395 e. The predicted molar refractivity (Wildman–Crippen MR) is 88.9 cm³/mol. The van der Waals surface area contributed by atoms with Crippen molar-refractivity contribution in [1.82, 2.24) is 25.3 Å². The van der Waals surface area contributed by atoms with Gasteiger partial charge in [0.05, 0.1) is 24.4 Å². The van der Waals surface area contributed by atoms with E-state index in [0.717, 1.165) is 25.2 Å². The van der Waals surface area contributed by atoms with Crippen LogP contribution in [0.2, 0.25) is 0 Å². The first-order chi connectivity index (χ1) is 12.2. The molecule has 2 aromatic rings. The molecule has 1 aliphatic heterocycles. The minimum Gasteiger partial charge on any atom is -0.395 e. The van der Waals surface area contributed by atoms with Crippen LogP contribution in [0.3, 0.4) is 0 Å². The number of nitriles is 1. The number of hydrogen-bond donors (Lipinski definition) is 2. The van der Waals surface area contributed by atoms with Gasteiger partial charge in [0.1, 0.15) is 11.9 Å². The lowest BCUT2D eigenvalue weighted by Gasteiger charge is -2.33. The highest BCUT2D eigenvalue weighted by Gasteiger charge is 2.24. The van der Waals surface area contributed by atoms with E-state index in [4.69, 9.17) is 10.4 Å². The monoisotopic (exact) mass is 341 g/mol. The normalized spacial score (nSPS) is 17.1. The second-order valence-electron chi connectivity index (χ2n) is 5.82. The molecular weight excluding hydrogens is 322 g/mol. The summed E-state index contributed by atoms with van der Waals surface area (Å²) >= 11 is 0. The third-order valence-electron chi connectivity index (χ3n) is 4.11. The lowest BCUT2D eigenvalue weighted by atomic mass is 10.1. The molecule has 130 valence electrons. The minimum absolute atomic E-state index is 0.0954. The SMILES string of the molecule is N#Cc1ccc(N2CCCC(n3cc(C(=O)NCCO)nn3)C2)nc1. The van der Waals surface area contributed by atoms with Gasteiger partial charge in [0.15, 0.2) is 5.69 Å². The van der Waals surface area contributed by atoms with E-state index < -0.39 is 0 Å². The van der Waals surface area contributed by atoms with Gasteiger partial charge in [-0.15, -0.1) is 5.10 Å². The first-order valence-corrected chi connectivity index (χ1v) is 8.13. The lowest BCUT2D eigenvalue weighted by Crippen LogP contribution is -2.37. The van der Waals surface area contributed by atoms with E-state index in [0.29, 0.717) is 12.1 Å². The Labute approximate surface area is 144 Å². The number of carbonyl (C=O) groups excluding carboxylic acids is 1. The van der Waals surface area contributed by atoms with Crippen LogP contribution < -0.4 is 10.2 Å². The quantitative estimate of drug-likeness (QED) is 0.792. The molecule has 0 radical (unpaired) electrons. The Kier molecular flexibility index (Phi) is 5.20. The van der Waals surface area contributed by atoms with Gasteiger partial charge in [0, 0.05) is 25.8 Å². The van der Waals surface area contributed by atoms with Crippen LogP contribution in [0, 0.1) is 11.3 Å². The molecule has 1 aliphatic rings. The molecule has 3 rings (SSSR count). The number of aliphatic hydroxyl groups excluding tert-OH is 1. The van der Waals surface area contributed by atoms with Crippen molar-refractivity contribution < 1.29 is 9.90 Å². The number of aromatic nitrogens is 4. The molecule has 0 spiro atoms. The van der Waals surface area contributed by atoms with Gasteiger partial charge in [-0.25, -0.2) is 9.67 Å². The Morgan fingerprint density at radius 3 is 3.08 bits per heavy atom. The minimum atomic E-state index is -0.346. The summed E-state index contributed by atoms with van der Waals surface area (Å²) in [6.45, 7) is 1.66. The van der Waals surface area contributed by atoms with Crippen LogP contribution in [-0.2, 0) is 0 Å². The molecular formula is C16H19N7O2. The number of rotatable bonds is 5. The van der Waals surface area contributed by atoms with Gasteiger partial charge < -0.3 is 15.3 Å². The average Bonchev–Trinajstić information content (AvgIpc) is 3.16. The summed E-state index contributed by atoms with van der Waals surface area (Å²) in [6.07, 6.45) is 5.11. The molecule has 3 heterocycles. The zero-order valence-corrected chi connectivity index (χ0v) is 13.7. The van der Waals surface area contributed by atoms with Gasteiger partial charge in [0.25, 0.3) is 5.91 Å². The van der Waals surface area contributed by atoms with Crippen LogP contribution in [0.25, 0.3) is 0 Å². The number of anilines is 1. The molecule has 25 heavy (non-hydrogen) atoms. The first kappa shape index (κ1) is 16.9. The van der Waals surface area contributed by atoms with Crippen molar-refractivity contribution in [3.63, 3.8) is 0 Å². The summed E-state index contributed by atoms with van der Waals surface area (Å²) in [5.74, 6) is 0.478. The second kappa shape index (κ2) is 7.72. The fourth-order valence-corrected chi connectivity index (χ4v) is 2.84. The summed E-state index contributed by atoms with van der Waals surface area (Å²) in [5.41, 5.74) is 0.772. The molecule has 0 saturated carbocycles. The Morgan fingerprint density at radius 2 is 2.36 bits per heavy atom. The summed E-state index contributed by atoms with van der Waals surface area (Å²) in [4.78, 5) is 18.3. The molecule has 2 aromatic heterocycles. The molecule has 9 nitrogen and oxygen atoms in total. The van der Waals surface area contributed by atoms with E-state index >= 15 is 0 Å². The summed E-state index contributed by atoms with van der Waals surface area (Å²) in [6, 6.07) is 5.76. The molecule has 1 atom stereocenters. The molecule has 1 saturated heterocycles. The Balaban J connectivity index is 1.68.